The molecule has 3 rings (SSSR count). The molecule has 1 aliphatic carbocycles. The number of rotatable bonds is 2. The van der Waals surface area contributed by atoms with Crippen molar-refractivity contribution in [3.05, 3.63) is 48.8 Å². The Kier molecular flexibility index (Phi) is 3.65. The molecule has 0 saturated carbocycles. The molecule has 1 nitrogen and oxygen atoms in total. The van der Waals surface area contributed by atoms with Gasteiger partial charge in [-0.2, -0.15) is 0 Å². The molecule has 19 heavy (non-hydrogen) atoms. The van der Waals surface area contributed by atoms with Gasteiger partial charge < -0.3 is 5.32 Å². The topological polar surface area (TPSA) is 12.0 Å². The largest absolute Gasteiger partial charge is 0.378 e. The minimum atomic E-state index is -0.584. The summed E-state index contributed by atoms with van der Waals surface area (Å²) in [6, 6.07) is 5.26. The molecule has 1 unspecified atom stereocenters. The number of thiophene rings is 1. The van der Waals surface area contributed by atoms with Gasteiger partial charge in [0.1, 0.15) is 0 Å². The Morgan fingerprint density at radius 1 is 1.16 bits per heavy atom. The van der Waals surface area contributed by atoms with Crippen LogP contribution in [0, 0.1) is 5.82 Å². The summed E-state index contributed by atoms with van der Waals surface area (Å²) < 4.78 is 14.2. The number of halogens is 4. The average molecular weight is 337 g/mol. The molecule has 1 aliphatic rings. The monoisotopic (exact) mass is 335 g/mol. The van der Waals surface area contributed by atoms with E-state index in [0.29, 0.717) is 0 Å². The van der Waals surface area contributed by atoms with Gasteiger partial charge in [-0.05, 0) is 36.6 Å². The van der Waals surface area contributed by atoms with Crippen LogP contribution >= 0.6 is 46.1 Å². The minimum absolute atomic E-state index is 0.0246. The second-order valence-corrected chi connectivity index (χ2v) is 7.00. The highest BCUT2D eigenvalue weighted by Crippen LogP contribution is 2.41. The quantitative estimate of drug-likeness (QED) is 0.668. The van der Waals surface area contributed by atoms with E-state index in [1.54, 1.807) is 23.5 Å². The lowest BCUT2D eigenvalue weighted by molar-refractivity contribution is 0.628. The van der Waals surface area contributed by atoms with E-state index in [-0.39, 0.29) is 16.1 Å². The fraction of sp³-hybridized carbons (Fsp3) is 0.231. The van der Waals surface area contributed by atoms with Crippen molar-refractivity contribution in [1.29, 1.82) is 0 Å². The summed E-state index contributed by atoms with van der Waals surface area (Å²) in [6.45, 7) is 0. The van der Waals surface area contributed by atoms with E-state index >= 15 is 0 Å². The van der Waals surface area contributed by atoms with Crippen LogP contribution in [0.4, 0.5) is 10.1 Å². The number of aryl methyl sites for hydroxylation is 1. The van der Waals surface area contributed by atoms with Crippen LogP contribution < -0.4 is 5.32 Å². The van der Waals surface area contributed by atoms with Gasteiger partial charge >= 0.3 is 0 Å². The maximum absolute atomic E-state index is 13.4. The lowest BCUT2D eigenvalue weighted by Gasteiger charge is -2.15. The number of benzene rings is 1. The van der Waals surface area contributed by atoms with Crippen molar-refractivity contribution in [2.45, 2.75) is 18.9 Å². The van der Waals surface area contributed by atoms with E-state index in [0.717, 1.165) is 22.9 Å². The SMILES string of the molecule is Fc1c(Cl)cc(NC2CCc3sc(Cl)cc32)cc1Cl. The van der Waals surface area contributed by atoms with Crippen LogP contribution in [0.5, 0.6) is 0 Å². The Morgan fingerprint density at radius 3 is 2.53 bits per heavy atom. The van der Waals surface area contributed by atoms with Crippen LogP contribution in [-0.2, 0) is 6.42 Å². The fourth-order valence-electron chi connectivity index (χ4n) is 2.32. The lowest BCUT2D eigenvalue weighted by Crippen LogP contribution is -2.06. The van der Waals surface area contributed by atoms with E-state index in [2.05, 4.69) is 5.32 Å². The van der Waals surface area contributed by atoms with Gasteiger partial charge in [0.2, 0.25) is 0 Å². The molecule has 0 fully saturated rings. The predicted molar refractivity (Wildman–Crippen MR) is 80.4 cm³/mol. The van der Waals surface area contributed by atoms with E-state index < -0.39 is 5.82 Å². The molecule has 0 amide bonds. The first-order valence-electron chi connectivity index (χ1n) is 5.74. The molecule has 1 aromatic heterocycles. The molecular weight excluding hydrogens is 328 g/mol. The summed E-state index contributed by atoms with van der Waals surface area (Å²) in [7, 11) is 0. The summed E-state index contributed by atoms with van der Waals surface area (Å²) in [5.41, 5.74) is 1.93. The molecule has 0 spiro atoms. The Labute approximate surface area is 129 Å². The Morgan fingerprint density at radius 2 is 1.84 bits per heavy atom. The van der Waals surface area contributed by atoms with Crippen LogP contribution in [0.1, 0.15) is 22.9 Å². The van der Waals surface area contributed by atoms with Gasteiger partial charge in [-0.15, -0.1) is 11.3 Å². The van der Waals surface area contributed by atoms with E-state index in [1.165, 1.54) is 10.4 Å². The zero-order chi connectivity index (χ0) is 13.6. The van der Waals surface area contributed by atoms with Crippen molar-refractivity contribution < 1.29 is 4.39 Å². The number of hydrogen-bond acceptors (Lipinski definition) is 2. The van der Waals surface area contributed by atoms with Gasteiger partial charge in [0.15, 0.2) is 5.82 Å². The van der Waals surface area contributed by atoms with E-state index in [1.807, 2.05) is 6.07 Å². The van der Waals surface area contributed by atoms with Gasteiger partial charge in [0.05, 0.1) is 20.4 Å². The molecule has 2 aromatic rings. The maximum Gasteiger partial charge on any atom is 0.160 e. The third kappa shape index (κ3) is 2.57. The number of hydrogen-bond donors (Lipinski definition) is 1. The van der Waals surface area contributed by atoms with Crippen LogP contribution in [0.2, 0.25) is 14.4 Å². The molecule has 1 aromatic carbocycles. The average Bonchev–Trinajstić information content (AvgIpc) is 2.87. The molecular formula is C13H9Cl3FNS. The summed E-state index contributed by atoms with van der Waals surface area (Å²) in [5.74, 6) is -0.584. The number of nitrogens with one attached hydrogen (secondary N) is 1. The van der Waals surface area contributed by atoms with Crippen molar-refractivity contribution in [2.24, 2.45) is 0 Å². The summed E-state index contributed by atoms with van der Waals surface area (Å²) in [4.78, 5) is 1.31. The van der Waals surface area contributed by atoms with Gasteiger partial charge in [-0.25, -0.2) is 4.39 Å². The smallest absolute Gasteiger partial charge is 0.160 e. The molecule has 100 valence electrons. The van der Waals surface area contributed by atoms with Crippen molar-refractivity contribution in [3.8, 4) is 0 Å². The summed E-state index contributed by atoms with van der Waals surface area (Å²) in [6.07, 6.45) is 2.00. The highest BCUT2D eigenvalue weighted by molar-refractivity contribution is 7.16. The molecule has 0 aliphatic heterocycles. The third-order valence-electron chi connectivity index (χ3n) is 3.17. The van der Waals surface area contributed by atoms with Crippen LogP contribution in [0.3, 0.4) is 0 Å². The third-order valence-corrected chi connectivity index (χ3v) is 5.06. The second-order valence-electron chi connectivity index (χ2n) is 4.42. The maximum atomic E-state index is 13.4. The second kappa shape index (κ2) is 5.13. The highest BCUT2D eigenvalue weighted by atomic mass is 35.5. The molecule has 1 heterocycles. The predicted octanol–water partition coefficient (Wildman–Crippen LogP) is 5.95. The molecule has 0 saturated heterocycles. The molecule has 6 heteroatoms. The first-order valence-corrected chi connectivity index (χ1v) is 7.69. The van der Waals surface area contributed by atoms with Crippen LogP contribution in [-0.4, -0.2) is 0 Å². The lowest BCUT2D eigenvalue weighted by atomic mass is 10.1. The fourth-order valence-corrected chi connectivity index (χ4v) is 4.16. The van der Waals surface area contributed by atoms with Gasteiger partial charge in [0.25, 0.3) is 0 Å². The normalized spacial score (nSPS) is 17.6. The number of anilines is 1. The van der Waals surface area contributed by atoms with E-state index in [9.17, 15) is 4.39 Å². The highest BCUT2D eigenvalue weighted by Gasteiger charge is 2.25. The Balaban J connectivity index is 1.87. The van der Waals surface area contributed by atoms with Crippen molar-refractivity contribution in [3.63, 3.8) is 0 Å². The first-order chi connectivity index (χ1) is 9.04. The molecule has 1 N–H and O–H groups in total. The van der Waals surface area contributed by atoms with E-state index in [4.69, 9.17) is 34.8 Å². The van der Waals surface area contributed by atoms with Crippen LogP contribution in [0.25, 0.3) is 0 Å². The Hall–Kier alpha value is -0.480. The van der Waals surface area contributed by atoms with Gasteiger partial charge in [-0.1, -0.05) is 34.8 Å². The zero-order valence-corrected chi connectivity index (χ0v) is 12.7. The first kappa shape index (κ1) is 13.5. The summed E-state index contributed by atoms with van der Waals surface area (Å²) >= 11 is 19.2. The molecule has 0 radical (unpaired) electrons. The zero-order valence-electron chi connectivity index (χ0n) is 9.64. The van der Waals surface area contributed by atoms with Crippen molar-refractivity contribution in [2.75, 3.05) is 5.32 Å². The van der Waals surface area contributed by atoms with Gasteiger partial charge in [0, 0.05) is 10.6 Å². The molecule has 1 atom stereocenters. The Bertz CT molecular complexity index is 618. The van der Waals surface area contributed by atoms with Crippen LogP contribution in [0.15, 0.2) is 18.2 Å². The summed E-state index contributed by atoms with van der Waals surface area (Å²) in [5, 5.41) is 3.38. The minimum Gasteiger partial charge on any atom is -0.378 e. The molecule has 0 bridgehead atoms. The standard InChI is InChI=1S/C13H9Cl3FNS/c14-8-3-6(4-9(15)13(8)17)18-10-1-2-11-7(10)5-12(16)19-11/h3-5,10,18H,1-2H2. The van der Waals surface area contributed by atoms with Crippen molar-refractivity contribution >= 4 is 51.8 Å². The van der Waals surface area contributed by atoms with Crippen molar-refractivity contribution in [1.82, 2.24) is 0 Å². The number of fused-ring (bicyclic) bond motifs is 1. The van der Waals surface area contributed by atoms with Gasteiger partial charge in [-0.3, -0.25) is 0 Å².